The minimum atomic E-state index is 0.479. The average Bonchev–Trinajstić information content (AvgIpc) is 2.37. The number of hydrogen-bond donors (Lipinski definition) is 0. The number of allylic oxidation sites excluding steroid dienone is 1. The van der Waals surface area contributed by atoms with E-state index in [9.17, 15) is 0 Å². The highest BCUT2D eigenvalue weighted by Crippen LogP contribution is 2.31. The molecule has 2 aromatic carbocycles. The Morgan fingerprint density at radius 2 is 1.59 bits per heavy atom. The summed E-state index contributed by atoms with van der Waals surface area (Å²) < 4.78 is 0. The first-order valence-corrected chi connectivity index (χ1v) is 6.19. The van der Waals surface area contributed by atoms with Crippen molar-refractivity contribution in [3.8, 4) is 0 Å². The highest BCUT2D eigenvalue weighted by molar-refractivity contribution is 5.58. The fourth-order valence-electron chi connectivity index (χ4n) is 2.68. The van der Waals surface area contributed by atoms with Gasteiger partial charge in [-0.3, -0.25) is 0 Å². The van der Waals surface area contributed by atoms with Crippen molar-refractivity contribution in [3.63, 3.8) is 0 Å². The van der Waals surface area contributed by atoms with Gasteiger partial charge in [0.1, 0.15) is 0 Å². The van der Waals surface area contributed by atoms with Gasteiger partial charge in [-0.1, -0.05) is 67.6 Å². The predicted molar refractivity (Wildman–Crippen MR) is 73.1 cm³/mol. The first-order valence-electron chi connectivity index (χ1n) is 6.19. The van der Waals surface area contributed by atoms with E-state index in [0.29, 0.717) is 5.92 Å². The van der Waals surface area contributed by atoms with Gasteiger partial charge < -0.3 is 0 Å². The highest BCUT2D eigenvalue weighted by atomic mass is 14.2. The van der Waals surface area contributed by atoms with Gasteiger partial charge in [-0.2, -0.15) is 0 Å². The third-order valence-electron chi connectivity index (χ3n) is 3.62. The Balaban J connectivity index is 2.21. The maximum Gasteiger partial charge on any atom is 0.00697 e. The summed E-state index contributed by atoms with van der Waals surface area (Å²) in [6.07, 6.45) is 5.56. The van der Waals surface area contributed by atoms with Crippen LogP contribution in [0.4, 0.5) is 0 Å². The van der Waals surface area contributed by atoms with E-state index in [4.69, 9.17) is 0 Å². The Morgan fingerprint density at radius 1 is 0.882 bits per heavy atom. The summed E-state index contributed by atoms with van der Waals surface area (Å²) in [5.41, 5.74) is 5.69. The molecular formula is C17H16. The number of fused-ring (bicyclic) bond motifs is 2. The van der Waals surface area contributed by atoms with Crippen LogP contribution in [-0.2, 0) is 6.42 Å². The molecule has 1 aliphatic carbocycles. The Hall–Kier alpha value is -1.82. The maximum atomic E-state index is 2.30. The topological polar surface area (TPSA) is 0 Å². The van der Waals surface area contributed by atoms with E-state index in [2.05, 4.69) is 67.6 Å². The minimum absolute atomic E-state index is 0.479. The molecule has 0 aliphatic heterocycles. The van der Waals surface area contributed by atoms with Crippen molar-refractivity contribution in [2.24, 2.45) is 0 Å². The Bertz CT molecular complexity index is 564. The zero-order valence-electron chi connectivity index (χ0n) is 10.1. The van der Waals surface area contributed by atoms with Crippen molar-refractivity contribution < 1.29 is 0 Å². The molecule has 17 heavy (non-hydrogen) atoms. The second-order valence-corrected chi connectivity index (χ2v) is 4.66. The molecule has 1 aliphatic rings. The molecule has 0 bridgehead atoms. The van der Waals surface area contributed by atoms with Crippen molar-refractivity contribution in [2.75, 3.05) is 0 Å². The molecule has 1 atom stereocenters. The summed E-state index contributed by atoms with van der Waals surface area (Å²) in [6.45, 7) is 2.30. The van der Waals surface area contributed by atoms with Crippen molar-refractivity contribution in [1.82, 2.24) is 0 Å². The van der Waals surface area contributed by atoms with Crippen LogP contribution in [0.2, 0.25) is 0 Å². The van der Waals surface area contributed by atoms with Crippen LogP contribution in [0.3, 0.4) is 0 Å². The molecule has 0 amide bonds. The second kappa shape index (κ2) is 4.21. The maximum absolute atomic E-state index is 2.30. The SMILES string of the molecule is CC1c2ccccc2C=CCc2ccccc21. The van der Waals surface area contributed by atoms with Gasteiger partial charge in [-0.05, 0) is 28.7 Å². The van der Waals surface area contributed by atoms with Crippen molar-refractivity contribution in [3.05, 3.63) is 76.9 Å². The molecule has 0 heteroatoms. The van der Waals surface area contributed by atoms with Crippen LogP contribution in [0.5, 0.6) is 0 Å². The van der Waals surface area contributed by atoms with Crippen LogP contribution in [0.15, 0.2) is 54.6 Å². The normalized spacial score (nSPS) is 17.8. The van der Waals surface area contributed by atoms with Gasteiger partial charge >= 0.3 is 0 Å². The zero-order chi connectivity index (χ0) is 11.7. The molecule has 0 heterocycles. The lowest BCUT2D eigenvalue weighted by Crippen LogP contribution is -2.04. The first kappa shape index (κ1) is 10.3. The van der Waals surface area contributed by atoms with E-state index >= 15 is 0 Å². The van der Waals surface area contributed by atoms with Gasteiger partial charge in [0.25, 0.3) is 0 Å². The Kier molecular flexibility index (Phi) is 2.56. The van der Waals surface area contributed by atoms with Gasteiger partial charge in [0, 0.05) is 5.92 Å². The van der Waals surface area contributed by atoms with Crippen LogP contribution in [0.25, 0.3) is 6.08 Å². The van der Waals surface area contributed by atoms with Gasteiger partial charge in [-0.15, -0.1) is 0 Å². The van der Waals surface area contributed by atoms with Crippen molar-refractivity contribution in [2.45, 2.75) is 19.3 Å². The van der Waals surface area contributed by atoms with E-state index in [1.165, 1.54) is 22.3 Å². The third kappa shape index (κ3) is 1.80. The number of hydrogen-bond acceptors (Lipinski definition) is 0. The molecule has 84 valence electrons. The molecule has 3 rings (SSSR count). The Labute approximate surface area is 103 Å². The smallest absolute Gasteiger partial charge is 0.00697 e. The standard InChI is InChI=1S/C17H16/c1-13-16-11-4-2-7-14(16)9-6-10-15-8-3-5-12-17(13)15/h2-9,11-13H,10H2,1H3. The summed E-state index contributed by atoms with van der Waals surface area (Å²) in [4.78, 5) is 0. The fourth-order valence-corrected chi connectivity index (χ4v) is 2.68. The molecule has 0 saturated heterocycles. The summed E-state index contributed by atoms with van der Waals surface area (Å²) in [6, 6.07) is 17.5. The predicted octanol–water partition coefficient (Wildman–Crippen LogP) is 4.41. The molecule has 0 radical (unpaired) electrons. The van der Waals surface area contributed by atoms with E-state index in [0.717, 1.165) is 6.42 Å². The third-order valence-corrected chi connectivity index (χ3v) is 3.62. The summed E-state index contributed by atoms with van der Waals surface area (Å²) in [7, 11) is 0. The summed E-state index contributed by atoms with van der Waals surface area (Å²) >= 11 is 0. The zero-order valence-corrected chi connectivity index (χ0v) is 10.1. The molecule has 0 spiro atoms. The van der Waals surface area contributed by atoms with Crippen LogP contribution in [0, 0.1) is 0 Å². The van der Waals surface area contributed by atoms with E-state index < -0.39 is 0 Å². The van der Waals surface area contributed by atoms with Crippen molar-refractivity contribution in [1.29, 1.82) is 0 Å². The number of rotatable bonds is 0. The van der Waals surface area contributed by atoms with Gasteiger partial charge in [0.05, 0.1) is 0 Å². The van der Waals surface area contributed by atoms with Crippen LogP contribution in [-0.4, -0.2) is 0 Å². The average molecular weight is 220 g/mol. The molecule has 0 N–H and O–H groups in total. The molecule has 1 unspecified atom stereocenters. The van der Waals surface area contributed by atoms with Gasteiger partial charge in [0.15, 0.2) is 0 Å². The highest BCUT2D eigenvalue weighted by Gasteiger charge is 2.15. The van der Waals surface area contributed by atoms with Gasteiger partial charge in [-0.25, -0.2) is 0 Å². The van der Waals surface area contributed by atoms with Crippen molar-refractivity contribution >= 4 is 6.08 Å². The van der Waals surface area contributed by atoms with E-state index in [1.807, 2.05) is 0 Å². The summed E-state index contributed by atoms with van der Waals surface area (Å²) in [5.74, 6) is 0.479. The fraction of sp³-hybridized carbons (Fsp3) is 0.176. The van der Waals surface area contributed by atoms with Crippen LogP contribution in [0.1, 0.15) is 35.1 Å². The minimum Gasteiger partial charge on any atom is -0.0795 e. The first-order chi connectivity index (χ1) is 8.36. The molecule has 0 fully saturated rings. The van der Waals surface area contributed by atoms with Crippen LogP contribution < -0.4 is 0 Å². The number of benzene rings is 2. The lowest BCUT2D eigenvalue weighted by molar-refractivity contribution is 0.895. The molecule has 2 aromatic rings. The quantitative estimate of drug-likeness (QED) is 0.617. The van der Waals surface area contributed by atoms with Gasteiger partial charge in [0.2, 0.25) is 0 Å². The van der Waals surface area contributed by atoms with E-state index in [1.54, 1.807) is 0 Å². The Morgan fingerprint density at radius 3 is 2.47 bits per heavy atom. The van der Waals surface area contributed by atoms with E-state index in [-0.39, 0.29) is 0 Å². The molecular weight excluding hydrogens is 204 g/mol. The molecule has 0 saturated carbocycles. The van der Waals surface area contributed by atoms with Crippen LogP contribution >= 0.6 is 0 Å². The lowest BCUT2D eigenvalue weighted by atomic mass is 9.84. The summed E-state index contributed by atoms with van der Waals surface area (Å²) in [5, 5.41) is 0. The largest absolute Gasteiger partial charge is 0.0795 e. The second-order valence-electron chi connectivity index (χ2n) is 4.66. The monoisotopic (exact) mass is 220 g/mol. The molecule has 0 aromatic heterocycles. The molecule has 0 nitrogen and oxygen atoms in total. The lowest BCUT2D eigenvalue weighted by Gasteiger charge is -2.20.